The van der Waals surface area contributed by atoms with Gasteiger partial charge in [-0.1, -0.05) is 37.0 Å². The lowest BCUT2D eigenvalue weighted by atomic mass is 10.1. The van der Waals surface area contributed by atoms with E-state index in [4.69, 9.17) is 27.9 Å². The molecule has 0 aliphatic heterocycles. The van der Waals surface area contributed by atoms with E-state index in [1.807, 2.05) is 6.07 Å². The van der Waals surface area contributed by atoms with Gasteiger partial charge in [0.15, 0.2) is 0 Å². The van der Waals surface area contributed by atoms with Gasteiger partial charge in [-0.05, 0) is 38.8 Å². The molecule has 0 aliphatic carbocycles. The molecule has 0 unspecified atom stereocenters. The highest BCUT2D eigenvalue weighted by molar-refractivity contribution is 6.35. The lowest BCUT2D eigenvalue weighted by Gasteiger charge is -2.22. The van der Waals surface area contributed by atoms with Crippen molar-refractivity contribution in [2.75, 3.05) is 6.61 Å². The van der Waals surface area contributed by atoms with E-state index in [9.17, 15) is 0 Å². The second-order valence-electron chi connectivity index (χ2n) is 6.18. The minimum Gasteiger partial charge on any atom is -0.491 e. The molecule has 0 fully saturated rings. The molecule has 1 aromatic rings. The number of halogens is 2. The summed E-state index contributed by atoms with van der Waals surface area (Å²) < 4.78 is 5.82. The van der Waals surface area contributed by atoms with Crippen LogP contribution in [0.5, 0.6) is 5.75 Å². The number of ether oxygens (including phenoxy) is 1. The minimum atomic E-state index is 0.0319. The summed E-state index contributed by atoms with van der Waals surface area (Å²) >= 11 is 12.3. The zero-order valence-electron chi connectivity index (χ0n) is 12.3. The number of hydrogen-bond acceptors (Lipinski definition) is 2. The van der Waals surface area contributed by atoms with Crippen LogP contribution < -0.4 is 10.1 Å². The van der Waals surface area contributed by atoms with Crippen LogP contribution in [-0.4, -0.2) is 12.1 Å². The Bertz CT molecular complexity index is 425. The predicted octanol–water partition coefficient (Wildman–Crippen LogP) is 4.92. The Labute approximate surface area is 126 Å². The number of hydrogen-bond donors (Lipinski definition) is 1. The van der Waals surface area contributed by atoms with E-state index in [2.05, 4.69) is 39.9 Å². The number of rotatable bonds is 5. The summed E-state index contributed by atoms with van der Waals surface area (Å²) in [5.74, 6) is 1.19. The summed E-state index contributed by atoms with van der Waals surface area (Å²) in [4.78, 5) is 0. The third-order valence-electron chi connectivity index (χ3n) is 2.46. The summed E-state index contributed by atoms with van der Waals surface area (Å²) in [6, 6.07) is 3.63. The van der Waals surface area contributed by atoms with Crippen LogP contribution >= 0.6 is 23.2 Å². The number of benzene rings is 1. The molecule has 2 nitrogen and oxygen atoms in total. The van der Waals surface area contributed by atoms with Gasteiger partial charge in [-0.2, -0.15) is 0 Å². The molecule has 0 radical (unpaired) electrons. The molecule has 1 aromatic carbocycles. The molecular formula is C15H23Cl2NO. The molecule has 0 amide bonds. The van der Waals surface area contributed by atoms with E-state index in [1.54, 1.807) is 6.07 Å². The van der Waals surface area contributed by atoms with Gasteiger partial charge in [0.25, 0.3) is 0 Å². The number of nitrogens with one attached hydrogen (secondary N) is 1. The van der Waals surface area contributed by atoms with Gasteiger partial charge in [0.05, 0.1) is 11.6 Å². The van der Waals surface area contributed by atoms with E-state index in [1.165, 1.54) is 0 Å². The predicted molar refractivity (Wildman–Crippen MR) is 83.4 cm³/mol. The average molecular weight is 304 g/mol. The smallest absolute Gasteiger partial charge is 0.142 e. The van der Waals surface area contributed by atoms with Gasteiger partial charge >= 0.3 is 0 Å². The summed E-state index contributed by atoms with van der Waals surface area (Å²) in [6.07, 6.45) is 0. The first-order valence-electron chi connectivity index (χ1n) is 6.55. The molecule has 19 heavy (non-hydrogen) atoms. The second kappa shape index (κ2) is 6.83. The van der Waals surface area contributed by atoms with Gasteiger partial charge < -0.3 is 10.1 Å². The van der Waals surface area contributed by atoms with Crippen LogP contribution in [-0.2, 0) is 6.54 Å². The summed E-state index contributed by atoms with van der Waals surface area (Å²) in [5, 5.41) is 4.62. The van der Waals surface area contributed by atoms with Crippen LogP contribution in [0.15, 0.2) is 12.1 Å². The van der Waals surface area contributed by atoms with Gasteiger partial charge in [0.2, 0.25) is 0 Å². The van der Waals surface area contributed by atoms with Crippen LogP contribution in [0.2, 0.25) is 10.0 Å². The van der Waals surface area contributed by atoms with Crippen molar-refractivity contribution in [3.8, 4) is 5.75 Å². The fourth-order valence-corrected chi connectivity index (χ4v) is 2.11. The van der Waals surface area contributed by atoms with Crippen molar-refractivity contribution in [2.24, 2.45) is 5.92 Å². The standard InChI is InChI=1S/C15H23Cl2NO/c1-10(2)9-19-14-11(8-18-15(3,4)5)6-12(16)7-13(14)17/h6-7,10,18H,8-9H2,1-5H3. The lowest BCUT2D eigenvalue weighted by Crippen LogP contribution is -2.35. The molecule has 0 spiro atoms. The van der Waals surface area contributed by atoms with E-state index in [0.29, 0.717) is 29.1 Å². The van der Waals surface area contributed by atoms with Crippen molar-refractivity contribution in [2.45, 2.75) is 46.7 Å². The Kier molecular flexibility index (Phi) is 5.97. The normalized spacial score (nSPS) is 12.0. The maximum atomic E-state index is 6.23. The fourth-order valence-electron chi connectivity index (χ4n) is 1.52. The molecule has 0 bridgehead atoms. The summed E-state index contributed by atoms with van der Waals surface area (Å²) in [5.41, 5.74) is 1.03. The highest BCUT2D eigenvalue weighted by atomic mass is 35.5. The van der Waals surface area contributed by atoms with Crippen molar-refractivity contribution < 1.29 is 4.74 Å². The van der Waals surface area contributed by atoms with E-state index >= 15 is 0 Å². The van der Waals surface area contributed by atoms with Crippen molar-refractivity contribution >= 4 is 23.2 Å². The highest BCUT2D eigenvalue weighted by Gasteiger charge is 2.15. The monoisotopic (exact) mass is 303 g/mol. The minimum absolute atomic E-state index is 0.0319. The molecule has 1 rings (SSSR count). The molecule has 4 heteroatoms. The molecule has 0 heterocycles. The Hall–Kier alpha value is -0.440. The zero-order chi connectivity index (χ0) is 14.6. The van der Waals surface area contributed by atoms with Crippen LogP contribution in [0.3, 0.4) is 0 Å². The van der Waals surface area contributed by atoms with Crippen LogP contribution in [0.1, 0.15) is 40.2 Å². The van der Waals surface area contributed by atoms with Gasteiger partial charge in [-0.15, -0.1) is 0 Å². The molecular weight excluding hydrogens is 281 g/mol. The SMILES string of the molecule is CC(C)COc1c(Cl)cc(Cl)cc1CNC(C)(C)C. The maximum Gasteiger partial charge on any atom is 0.142 e. The van der Waals surface area contributed by atoms with Crippen molar-refractivity contribution in [3.63, 3.8) is 0 Å². The molecule has 0 atom stereocenters. The Morgan fingerprint density at radius 2 is 1.84 bits per heavy atom. The molecule has 108 valence electrons. The van der Waals surface area contributed by atoms with Gasteiger partial charge in [-0.25, -0.2) is 0 Å². The summed E-state index contributed by atoms with van der Waals surface area (Å²) in [6.45, 7) is 11.9. The zero-order valence-corrected chi connectivity index (χ0v) is 13.8. The Balaban J connectivity index is 2.92. The molecule has 0 saturated heterocycles. The third kappa shape index (κ3) is 6.03. The fraction of sp³-hybridized carbons (Fsp3) is 0.600. The van der Waals surface area contributed by atoms with E-state index in [0.717, 1.165) is 11.3 Å². The van der Waals surface area contributed by atoms with Crippen LogP contribution in [0.4, 0.5) is 0 Å². The molecule has 0 aromatic heterocycles. The molecule has 0 aliphatic rings. The quantitative estimate of drug-likeness (QED) is 0.834. The van der Waals surface area contributed by atoms with E-state index in [-0.39, 0.29) is 5.54 Å². The second-order valence-corrected chi connectivity index (χ2v) is 7.03. The maximum absolute atomic E-state index is 6.23. The largest absolute Gasteiger partial charge is 0.491 e. The van der Waals surface area contributed by atoms with Crippen molar-refractivity contribution in [1.29, 1.82) is 0 Å². The molecule has 0 saturated carbocycles. The van der Waals surface area contributed by atoms with Crippen LogP contribution in [0, 0.1) is 5.92 Å². The third-order valence-corrected chi connectivity index (χ3v) is 2.95. The Morgan fingerprint density at radius 3 is 2.37 bits per heavy atom. The molecule has 1 N–H and O–H groups in total. The van der Waals surface area contributed by atoms with Crippen LogP contribution in [0.25, 0.3) is 0 Å². The van der Waals surface area contributed by atoms with Gasteiger partial charge in [-0.3, -0.25) is 0 Å². The average Bonchev–Trinajstić information content (AvgIpc) is 2.23. The summed E-state index contributed by atoms with van der Waals surface area (Å²) in [7, 11) is 0. The van der Waals surface area contributed by atoms with Gasteiger partial charge in [0, 0.05) is 22.7 Å². The highest BCUT2D eigenvalue weighted by Crippen LogP contribution is 2.33. The van der Waals surface area contributed by atoms with Crippen molar-refractivity contribution in [3.05, 3.63) is 27.7 Å². The lowest BCUT2D eigenvalue weighted by molar-refractivity contribution is 0.267. The first-order valence-corrected chi connectivity index (χ1v) is 7.30. The first-order chi connectivity index (χ1) is 8.69. The topological polar surface area (TPSA) is 21.3 Å². The first kappa shape index (κ1) is 16.6. The Morgan fingerprint density at radius 1 is 1.21 bits per heavy atom. The van der Waals surface area contributed by atoms with Gasteiger partial charge in [0.1, 0.15) is 5.75 Å². The van der Waals surface area contributed by atoms with E-state index < -0.39 is 0 Å². The van der Waals surface area contributed by atoms with Crippen molar-refractivity contribution in [1.82, 2.24) is 5.32 Å².